The average Bonchev–Trinajstić information content (AvgIpc) is 2.49. The van der Waals surface area contributed by atoms with Gasteiger partial charge >= 0.3 is 0 Å². The Morgan fingerprint density at radius 1 is 1.50 bits per heavy atom. The Hall–Kier alpha value is -1.83. The Balaban J connectivity index is 2.89. The lowest BCUT2D eigenvalue weighted by Gasteiger charge is -1.90. The third-order valence-corrected chi connectivity index (χ3v) is 1.35. The van der Waals surface area contributed by atoms with Gasteiger partial charge in [0.15, 0.2) is 0 Å². The van der Waals surface area contributed by atoms with Gasteiger partial charge in [-0.1, -0.05) is 10.4 Å². The first-order chi connectivity index (χ1) is 5.83. The van der Waals surface area contributed by atoms with Crippen LogP contribution in [0.2, 0.25) is 0 Å². The van der Waals surface area contributed by atoms with E-state index in [0.29, 0.717) is 0 Å². The van der Waals surface area contributed by atoms with E-state index >= 15 is 0 Å². The van der Waals surface area contributed by atoms with Gasteiger partial charge in [0, 0.05) is 0 Å². The summed E-state index contributed by atoms with van der Waals surface area (Å²) < 4.78 is 1.07. The smallest absolute Gasteiger partial charge is 0.297 e. The summed E-state index contributed by atoms with van der Waals surface area (Å²) in [5.41, 5.74) is -0.236. The van der Waals surface area contributed by atoms with Gasteiger partial charge in [-0.15, -0.1) is 10.2 Å². The van der Waals surface area contributed by atoms with Gasteiger partial charge in [0.25, 0.3) is 5.56 Å². The zero-order valence-corrected chi connectivity index (χ0v) is 5.80. The Bertz CT molecular complexity index is 458. The molecule has 2 N–H and O–H groups in total. The van der Waals surface area contributed by atoms with Gasteiger partial charge < -0.3 is 5.11 Å². The quantitative estimate of drug-likeness (QED) is 0.502. The van der Waals surface area contributed by atoms with Crippen LogP contribution in [0.3, 0.4) is 0 Å². The van der Waals surface area contributed by atoms with Crippen LogP contribution in [0.25, 0.3) is 11.2 Å². The van der Waals surface area contributed by atoms with Crippen LogP contribution in [-0.4, -0.2) is 35.5 Å². The molecule has 2 aromatic rings. The molecule has 0 saturated carbocycles. The molecule has 12 heavy (non-hydrogen) atoms. The van der Waals surface area contributed by atoms with Gasteiger partial charge in [-0.05, 0) is 0 Å². The van der Waals surface area contributed by atoms with Crippen LogP contribution < -0.4 is 5.56 Å². The molecule has 0 aliphatic rings. The third kappa shape index (κ3) is 0.782. The maximum atomic E-state index is 11.0. The monoisotopic (exact) mass is 168 g/mol. The van der Waals surface area contributed by atoms with Crippen LogP contribution in [0.15, 0.2) is 4.79 Å². The first-order valence-electron chi connectivity index (χ1n) is 3.08. The minimum absolute atomic E-state index is 0.0686. The molecule has 0 bridgehead atoms. The van der Waals surface area contributed by atoms with Gasteiger partial charge in [0.2, 0.25) is 11.2 Å². The highest BCUT2D eigenvalue weighted by atomic mass is 16.3. The molecule has 0 fully saturated rings. The molecular weight excluding hydrogens is 164 g/mol. The van der Waals surface area contributed by atoms with Crippen molar-refractivity contribution < 1.29 is 5.11 Å². The van der Waals surface area contributed by atoms with Crippen LogP contribution in [0, 0.1) is 0 Å². The Labute approximate surface area is 64.8 Å². The van der Waals surface area contributed by atoms with Crippen molar-refractivity contribution in [2.24, 2.45) is 0 Å². The van der Waals surface area contributed by atoms with Crippen molar-refractivity contribution in [3.8, 4) is 0 Å². The van der Waals surface area contributed by atoms with E-state index in [0.717, 1.165) is 4.68 Å². The average molecular weight is 168 g/mol. The van der Waals surface area contributed by atoms with E-state index < -0.39 is 5.56 Å². The lowest BCUT2D eigenvalue weighted by Crippen LogP contribution is -2.10. The van der Waals surface area contributed by atoms with E-state index in [1.54, 1.807) is 0 Å². The second-order valence-electron chi connectivity index (χ2n) is 2.04. The number of H-pyrrole nitrogens is 1. The van der Waals surface area contributed by atoms with E-state index in [-0.39, 0.29) is 17.9 Å². The number of nitrogens with one attached hydrogen (secondary N) is 1. The molecule has 2 rings (SSSR count). The van der Waals surface area contributed by atoms with Crippen LogP contribution in [0.1, 0.15) is 0 Å². The van der Waals surface area contributed by atoms with Crippen LogP contribution in [0.5, 0.6) is 0 Å². The number of hydrogen-bond donors (Lipinski definition) is 2. The van der Waals surface area contributed by atoms with Crippen molar-refractivity contribution in [1.29, 1.82) is 0 Å². The Kier molecular flexibility index (Phi) is 1.34. The van der Waals surface area contributed by atoms with Gasteiger partial charge in [-0.25, -0.2) is 5.10 Å². The molecule has 0 atom stereocenters. The van der Waals surface area contributed by atoms with Crippen molar-refractivity contribution >= 4 is 11.2 Å². The maximum absolute atomic E-state index is 11.0. The number of hydrogen-bond acceptors (Lipinski definition) is 6. The molecule has 0 unspecified atom stereocenters. The number of fused-ring (bicyclic) bond motifs is 1. The number of aromatic amines is 1. The first kappa shape index (κ1) is 6.85. The second kappa shape index (κ2) is 2.34. The van der Waals surface area contributed by atoms with Gasteiger partial charge in [-0.3, -0.25) is 4.79 Å². The summed E-state index contributed by atoms with van der Waals surface area (Å²) in [7, 11) is 0. The largest absolute Gasteiger partial charge is 0.374 e. The fourth-order valence-electron chi connectivity index (χ4n) is 0.820. The van der Waals surface area contributed by atoms with Crippen LogP contribution >= 0.6 is 0 Å². The summed E-state index contributed by atoms with van der Waals surface area (Å²) in [5, 5.41) is 24.6. The van der Waals surface area contributed by atoms with E-state index in [1.807, 2.05) is 0 Å². The Morgan fingerprint density at radius 3 is 3.08 bits per heavy atom. The standard InChI is InChI=1S/C4H4N6O2/c11-1-10-3-2(5-9-10)4(12)7-8-6-3/h11H,1H2,(H,6,7,12). The summed E-state index contributed by atoms with van der Waals surface area (Å²) in [6.45, 7) is -0.380. The summed E-state index contributed by atoms with van der Waals surface area (Å²) >= 11 is 0. The summed E-state index contributed by atoms with van der Waals surface area (Å²) in [6, 6.07) is 0. The van der Waals surface area contributed by atoms with E-state index in [4.69, 9.17) is 5.11 Å². The number of rotatable bonds is 1. The lowest BCUT2D eigenvalue weighted by molar-refractivity contribution is 0.196. The predicted molar refractivity (Wildman–Crippen MR) is 36.0 cm³/mol. The molecule has 8 heteroatoms. The van der Waals surface area contributed by atoms with Crippen LogP contribution in [-0.2, 0) is 6.73 Å². The predicted octanol–water partition coefficient (Wildman–Crippen LogP) is -2.14. The summed E-state index contributed by atoms with van der Waals surface area (Å²) in [5.74, 6) is 0. The molecule has 0 saturated heterocycles. The molecule has 0 amide bonds. The number of aromatic nitrogens is 6. The Morgan fingerprint density at radius 2 is 2.33 bits per heavy atom. The summed E-state index contributed by atoms with van der Waals surface area (Å²) in [4.78, 5) is 11.0. The van der Waals surface area contributed by atoms with E-state index in [1.165, 1.54) is 0 Å². The molecule has 2 heterocycles. The molecule has 0 aromatic carbocycles. The molecule has 2 aromatic heterocycles. The second-order valence-corrected chi connectivity index (χ2v) is 2.04. The number of aliphatic hydroxyl groups excluding tert-OH is 1. The summed E-state index contributed by atoms with van der Waals surface area (Å²) in [6.07, 6.45) is 0. The van der Waals surface area contributed by atoms with Gasteiger partial charge in [-0.2, -0.15) is 4.68 Å². The molecule has 0 spiro atoms. The van der Waals surface area contributed by atoms with Gasteiger partial charge in [0.1, 0.15) is 6.73 Å². The van der Waals surface area contributed by atoms with Crippen molar-refractivity contribution in [3.05, 3.63) is 10.4 Å². The van der Waals surface area contributed by atoms with E-state index in [2.05, 4.69) is 25.7 Å². The van der Waals surface area contributed by atoms with Crippen LogP contribution in [0.4, 0.5) is 0 Å². The first-order valence-corrected chi connectivity index (χ1v) is 3.08. The third-order valence-electron chi connectivity index (χ3n) is 1.35. The van der Waals surface area contributed by atoms with E-state index in [9.17, 15) is 4.79 Å². The fourth-order valence-corrected chi connectivity index (χ4v) is 0.820. The minimum Gasteiger partial charge on any atom is -0.374 e. The zero-order chi connectivity index (χ0) is 8.55. The molecule has 0 radical (unpaired) electrons. The highest BCUT2D eigenvalue weighted by Gasteiger charge is 2.07. The van der Waals surface area contributed by atoms with Crippen molar-refractivity contribution in [2.75, 3.05) is 0 Å². The normalized spacial score (nSPS) is 10.8. The minimum atomic E-state index is -0.472. The fraction of sp³-hybridized carbons (Fsp3) is 0.250. The van der Waals surface area contributed by atoms with Crippen molar-refractivity contribution in [3.63, 3.8) is 0 Å². The highest BCUT2D eigenvalue weighted by molar-refractivity contribution is 5.66. The maximum Gasteiger partial charge on any atom is 0.297 e. The lowest BCUT2D eigenvalue weighted by atomic mass is 10.6. The van der Waals surface area contributed by atoms with Crippen molar-refractivity contribution in [2.45, 2.75) is 6.73 Å². The number of aliphatic hydroxyl groups is 1. The zero-order valence-electron chi connectivity index (χ0n) is 5.80. The molecule has 0 aliphatic heterocycles. The molecule has 8 nitrogen and oxygen atoms in total. The van der Waals surface area contributed by atoms with Crippen molar-refractivity contribution in [1.82, 2.24) is 30.4 Å². The molecule has 0 aliphatic carbocycles. The SMILES string of the molecule is O=c1[nH]nnc2c1nnn2CO. The van der Waals surface area contributed by atoms with Gasteiger partial charge in [0.05, 0.1) is 0 Å². The number of nitrogens with zero attached hydrogens (tertiary/aromatic N) is 5. The molecule has 62 valence electrons. The topological polar surface area (TPSA) is 110 Å². The molecular formula is C4H4N6O2. The highest BCUT2D eigenvalue weighted by Crippen LogP contribution is 1.97.